The summed E-state index contributed by atoms with van der Waals surface area (Å²) in [6.45, 7) is 9.47. The fraction of sp³-hybridized carbons (Fsp3) is 0.667. The first-order chi connectivity index (χ1) is 14.1. The van der Waals surface area contributed by atoms with Crippen molar-refractivity contribution in [3.63, 3.8) is 0 Å². The van der Waals surface area contributed by atoms with Crippen LogP contribution in [0.2, 0.25) is 0 Å². The molecule has 0 fully saturated rings. The highest BCUT2D eigenvalue weighted by molar-refractivity contribution is 7.86. The van der Waals surface area contributed by atoms with Crippen molar-refractivity contribution < 1.29 is 36.3 Å². The number of carbonyl (C=O) groups excluding carboxylic acids is 1. The van der Waals surface area contributed by atoms with Crippen LogP contribution in [0.25, 0.3) is 0 Å². The Hall–Kier alpha value is -1.52. The largest absolute Gasteiger partial charge is 0.460 e. The molecule has 0 N–H and O–H groups in total. The van der Waals surface area contributed by atoms with Crippen LogP contribution < -0.4 is 0 Å². The highest BCUT2D eigenvalue weighted by Crippen LogP contribution is 2.13. The van der Waals surface area contributed by atoms with Crippen molar-refractivity contribution in [3.8, 4) is 0 Å². The quantitative estimate of drug-likeness (QED) is 0.230. The number of carbonyl (C=O) groups is 1. The predicted octanol–water partition coefficient (Wildman–Crippen LogP) is 2.87. The first-order valence-electron chi connectivity index (χ1n) is 10.0. The molecule has 30 heavy (non-hydrogen) atoms. The third-order valence-electron chi connectivity index (χ3n) is 3.61. The van der Waals surface area contributed by atoms with E-state index in [0.29, 0.717) is 45.9 Å². The zero-order valence-electron chi connectivity index (χ0n) is 18.3. The van der Waals surface area contributed by atoms with Crippen LogP contribution in [0, 0.1) is 6.92 Å². The molecule has 1 rings (SSSR count). The molecule has 0 saturated heterocycles. The molecule has 9 heteroatoms. The van der Waals surface area contributed by atoms with Crippen molar-refractivity contribution >= 4 is 16.1 Å². The Morgan fingerprint density at radius 2 is 1.33 bits per heavy atom. The van der Waals surface area contributed by atoms with E-state index in [9.17, 15) is 13.2 Å². The molecule has 0 aliphatic rings. The van der Waals surface area contributed by atoms with Crippen LogP contribution in [-0.2, 0) is 38.0 Å². The monoisotopic (exact) mass is 446 g/mol. The molecule has 0 amide bonds. The summed E-state index contributed by atoms with van der Waals surface area (Å²) in [4.78, 5) is 11.6. The van der Waals surface area contributed by atoms with E-state index in [0.717, 1.165) is 5.56 Å². The van der Waals surface area contributed by atoms with Gasteiger partial charge in [0.05, 0.1) is 44.5 Å². The summed E-state index contributed by atoms with van der Waals surface area (Å²) in [6.07, 6.45) is 0.928. The average molecular weight is 447 g/mol. The Labute approximate surface area is 179 Å². The minimum Gasteiger partial charge on any atom is -0.460 e. The first-order valence-corrected chi connectivity index (χ1v) is 11.4. The van der Waals surface area contributed by atoms with E-state index in [-0.39, 0.29) is 24.1 Å². The fourth-order valence-corrected chi connectivity index (χ4v) is 3.12. The van der Waals surface area contributed by atoms with E-state index < -0.39 is 15.7 Å². The van der Waals surface area contributed by atoms with Crippen LogP contribution in [0.1, 0.15) is 39.2 Å². The summed E-state index contributed by atoms with van der Waals surface area (Å²) >= 11 is 0. The number of ether oxygens (including phenoxy) is 4. The van der Waals surface area contributed by atoms with Gasteiger partial charge in [0.25, 0.3) is 10.1 Å². The topological polar surface area (TPSA) is 97.4 Å². The van der Waals surface area contributed by atoms with Gasteiger partial charge in [-0.05, 0) is 46.2 Å². The summed E-state index contributed by atoms with van der Waals surface area (Å²) < 4.78 is 50.1. The molecule has 0 atom stereocenters. The number of aryl methyl sites for hydroxylation is 1. The van der Waals surface area contributed by atoms with Crippen molar-refractivity contribution in [1.82, 2.24) is 0 Å². The number of esters is 1. The zero-order valence-corrected chi connectivity index (χ0v) is 19.2. The van der Waals surface area contributed by atoms with E-state index in [1.54, 1.807) is 12.1 Å². The summed E-state index contributed by atoms with van der Waals surface area (Å²) in [5.74, 6) is -0.227. The smallest absolute Gasteiger partial charge is 0.306 e. The molecule has 0 saturated carbocycles. The highest BCUT2D eigenvalue weighted by Gasteiger charge is 2.16. The third kappa shape index (κ3) is 12.9. The van der Waals surface area contributed by atoms with Gasteiger partial charge < -0.3 is 18.9 Å². The van der Waals surface area contributed by atoms with Gasteiger partial charge in [0.1, 0.15) is 5.60 Å². The van der Waals surface area contributed by atoms with Gasteiger partial charge in [-0.25, -0.2) is 0 Å². The Bertz CT molecular complexity index is 708. The molecule has 0 bridgehead atoms. The second-order valence-corrected chi connectivity index (χ2v) is 9.23. The lowest BCUT2D eigenvalue weighted by atomic mass is 10.2. The van der Waals surface area contributed by atoms with Gasteiger partial charge in [-0.2, -0.15) is 8.42 Å². The Morgan fingerprint density at radius 1 is 0.833 bits per heavy atom. The minimum absolute atomic E-state index is 0.0586. The molecule has 0 radical (unpaired) electrons. The van der Waals surface area contributed by atoms with E-state index in [4.69, 9.17) is 23.1 Å². The van der Waals surface area contributed by atoms with E-state index in [2.05, 4.69) is 0 Å². The molecule has 0 aliphatic heterocycles. The lowest BCUT2D eigenvalue weighted by Gasteiger charge is -2.19. The molecule has 1 aromatic carbocycles. The molecule has 0 aliphatic carbocycles. The van der Waals surface area contributed by atoms with Crippen molar-refractivity contribution in [2.75, 3.05) is 46.2 Å². The molecule has 172 valence electrons. The van der Waals surface area contributed by atoms with Crippen molar-refractivity contribution in [2.24, 2.45) is 0 Å². The SMILES string of the molecule is Cc1ccc(S(=O)(=O)OCCOCCOCCOCCCC(=O)OC(C)(C)C)cc1. The maximum absolute atomic E-state index is 12.0. The normalized spacial score (nSPS) is 12.1. The number of benzene rings is 1. The summed E-state index contributed by atoms with van der Waals surface area (Å²) in [5.41, 5.74) is 0.512. The fourth-order valence-electron chi connectivity index (χ4n) is 2.23. The van der Waals surface area contributed by atoms with Gasteiger partial charge >= 0.3 is 5.97 Å². The predicted molar refractivity (Wildman–Crippen MR) is 112 cm³/mol. The molecule has 0 unspecified atom stereocenters. The van der Waals surface area contributed by atoms with Crippen LogP contribution in [0.3, 0.4) is 0 Å². The van der Waals surface area contributed by atoms with Crippen molar-refractivity contribution in [2.45, 2.75) is 51.0 Å². The van der Waals surface area contributed by atoms with E-state index in [1.807, 2.05) is 27.7 Å². The average Bonchev–Trinajstić information content (AvgIpc) is 2.64. The maximum atomic E-state index is 12.0. The maximum Gasteiger partial charge on any atom is 0.306 e. The Kier molecular flexibility index (Phi) is 12.1. The number of rotatable bonds is 15. The van der Waals surface area contributed by atoms with Gasteiger partial charge in [-0.15, -0.1) is 0 Å². The first kappa shape index (κ1) is 26.5. The summed E-state index contributed by atoms with van der Waals surface area (Å²) in [7, 11) is -3.76. The zero-order chi connectivity index (χ0) is 22.5. The van der Waals surface area contributed by atoms with Crippen LogP contribution in [0.15, 0.2) is 29.2 Å². The molecular weight excluding hydrogens is 412 g/mol. The van der Waals surface area contributed by atoms with Gasteiger partial charge in [0.2, 0.25) is 0 Å². The summed E-state index contributed by atoms with van der Waals surface area (Å²) in [6, 6.07) is 6.46. The lowest BCUT2D eigenvalue weighted by Crippen LogP contribution is -2.23. The van der Waals surface area contributed by atoms with Crippen LogP contribution >= 0.6 is 0 Å². The third-order valence-corrected chi connectivity index (χ3v) is 4.94. The Morgan fingerprint density at radius 3 is 1.87 bits per heavy atom. The molecule has 0 aromatic heterocycles. The van der Waals surface area contributed by atoms with Crippen LogP contribution in [-0.4, -0.2) is 66.2 Å². The van der Waals surface area contributed by atoms with E-state index in [1.165, 1.54) is 12.1 Å². The van der Waals surface area contributed by atoms with Crippen molar-refractivity contribution in [3.05, 3.63) is 29.8 Å². The van der Waals surface area contributed by atoms with Gasteiger partial charge in [-0.3, -0.25) is 8.98 Å². The van der Waals surface area contributed by atoms with Gasteiger partial charge in [0, 0.05) is 13.0 Å². The van der Waals surface area contributed by atoms with Crippen LogP contribution in [0.4, 0.5) is 0 Å². The molecule has 0 heterocycles. The highest BCUT2D eigenvalue weighted by atomic mass is 32.2. The Balaban J connectivity index is 1.93. The number of hydrogen-bond donors (Lipinski definition) is 0. The number of hydrogen-bond acceptors (Lipinski definition) is 8. The van der Waals surface area contributed by atoms with E-state index >= 15 is 0 Å². The standard InChI is InChI=1S/C21H34O8S/c1-18-7-9-19(10-8-18)30(23,24)28-17-16-27-15-14-26-13-12-25-11-5-6-20(22)29-21(2,3)4/h7-10H,5-6,11-17H2,1-4H3. The molecule has 8 nitrogen and oxygen atoms in total. The molecule has 1 aromatic rings. The molecule has 0 spiro atoms. The van der Waals surface area contributed by atoms with Gasteiger partial charge in [-0.1, -0.05) is 17.7 Å². The van der Waals surface area contributed by atoms with Gasteiger partial charge in [0.15, 0.2) is 0 Å². The minimum atomic E-state index is -3.76. The lowest BCUT2D eigenvalue weighted by molar-refractivity contribution is -0.155. The second kappa shape index (κ2) is 13.7. The molecular formula is C21H34O8S. The van der Waals surface area contributed by atoms with Crippen molar-refractivity contribution in [1.29, 1.82) is 0 Å². The van der Waals surface area contributed by atoms with Crippen LogP contribution in [0.5, 0.6) is 0 Å². The summed E-state index contributed by atoms with van der Waals surface area (Å²) in [5, 5.41) is 0. The second-order valence-electron chi connectivity index (χ2n) is 7.62.